The van der Waals surface area contributed by atoms with Crippen molar-refractivity contribution in [1.82, 2.24) is 15.0 Å². The molecule has 0 fully saturated rings. The third-order valence-corrected chi connectivity index (χ3v) is 2.49. The molecule has 0 spiro atoms. The Morgan fingerprint density at radius 3 is 2.31 bits per heavy atom. The number of rotatable bonds is 1. The first-order valence-corrected chi connectivity index (χ1v) is 4.75. The van der Waals surface area contributed by atoms with E-state index < -0.39 is 0 Å². The van der Waals surface area contributed by atoms with E-state index in [0.29, 0.717) is 0 Å². The molecule has 0 bridgehead atoms. The molecule has 0 atom stereocenters. The van der Waals surface area contributed by atoms with Gasteiger partial charge >= 0.3 is 0 Å². The SMILES string of the molecule is C/C=C(/Br)n1nc2ccccc2n1. The normalized spacial score (nSPS) is 12.3. The van der Waals surface area contributed by atoms with Gasteiger partial charge in [0.05, 0.1) is 0 Å². The van der Waals surface area contributed by atoms with Crippen molar-refractivity contribution < 1.29 is 0 Å². The van der Waals surface area contributed by atoms with Crippen LogP contribution in [0.15, 0.2) is 30.3 Å². The number of allylic oxidation sites excluding steroid dienone is 1. The van der Waals surface area contributed by atoms with Crippen LogP contribution < -0.4 is 0 Å². The largest absolute Gasteiger partial charge is 0.148 e. The maximum absolute atomic E-state index is 4.27. The van der Waals surface area contributed by atoms with E-state index in [1.165, 1.54) is 0 Å². The fraction of sp³-hybridized carbons (Fsp3) is 0.111. The van der Waals surface area contributed by atoms with E-state index in [1.807, 2.05) is 37.3 Å². The Bertz CT molecular complexity index is 426. The van der Waals surface area contributed by atoms with Crippen molar-refractivity contribution >= 4 is 31.6 Å². The van der Waals surface area contributed by atoms with Crippen molar-refractivity contribution in [3.05, 3.63) is 30.3 Å². The monoisotopic (exact) mass is 237 g/mol. The molecule has 0 saturated carbocycles. The number of aromatic nitrogens is 3. The van der Waals surface area contributed by atoms with Crippen LogP contribution in [-0.4, -0.2) is 15.0 Å². The number of nitrogens with zero attached hydrogens (tertiary/aromatic N) is 3. The van der Waals surface area contributed by atoms with Gasteiger partial charge in [-0.15, -0.1) is 15.0 Å². The van der Waals surface area contributed by atoms with Gasteiger partial charge in [-0.2, -0.15) is 0 Å². The van der Waals surface area contributed by atoms with Crippen LogP contribution in [0, 0.1) is 0 Å². The van der Waals surface area contributed by atoms with Crippen molar-refractivity contribution in [2.45, 2.75) is 6.92 Å². The minimum atomic E-state index is 0.851. The van der Waals surface area contributed by atoms with E-state index in [1.54, 1.807) is 4.80 Å². The van der Waals surface area contributed by atoms with Gasteiger partial charge < -0.3 is 0 Å². The van der Waals surface area contributed by atoms with Crippen LogP contribution in [0.25, 0.3) is 15.6 Å². The summed E-state index contributed by atoms with van der Waals surface area (Å²) < 4.78 is 0.851. The number of fused-ring (bicyclic) bond motifs is 1. The summed E-state index contributed by atoms with van der Waals surface area (Å²) in [5.41, 5.74) is 1.81. The number of hydrogen-bond donors (Lipinski definition) is 0. The molecule has 1 aromatic heterocycles. The van der Waals surface area contributed by atoms with Crippen molar-refractivity contribution in [1.29, 1.82) is 0 Å². The van der Waals surface area contributed by atoms with Gasteiger partial charge in [0.15, 0.2) is 0 Å². The molecule has 0 unspecified atom stereocenters. The van der Waals surface area contributed by atoms with Gasteiger partial charge in [0.1, 0.15) is 15.6 Å². The molecule has 66 valence electrons. The summed E-state index contributed by atoms with van der Waals surface area (Å²) in [6.07, 6.45) is 1.90. The Hall–Kier alpha value is -1.16. The zero-order valence-electron chi connectivity index (χ0n) is 7.11. The van der Waals surface area contributed by atoms with E-state index in [9.17, 15) is 0 Å². The molecule has 0 saturated heterocycles. The van der Waals surface area contributed by atoms with E-state index >= 15 is 0 Å². The summed E-state index contributed by atoms with van der Waals surface area (Å²) in [5.74, 6) is 0. The molecule has 3 nitrogen and oxygen atoms in total. The van der Waals surface area contributed by atoms with Crippen molar-refractivity contribution in [2.75, 3.05) is 0 Å². The van der Waals surface area contributed by atoms with Crippen LogP contribution in [0.2, 0.25) is 0 Å². The molecule has 0 radical (unpaired) electrons. The zero-order valence-corrected chi connectivity index (χ0v) is 8.69. The highest BCUT2D eigenvalue weighted by Gasteiger charge is 2.01. The van der Waals surface area contributed by atoms with Gasteiger partial charge in [0.25, 0.3) is 0 Å². The van der Waals surface area contributed by atoms with Gasteiger partial charge in [-0.25, -0.2) is 0 Å². The number of benzene rings is 1. The van der Waals surface area contributed by atoms with Crippen molar-refractivity contribution in [2.24, 2.45) is 0 Å². The van der Waals surface area contributed by atoms with Gasteiger partial charge in [-0.3, -0.25) is 0 Å². The van der Waals surface area contributed by atoms with Gasteiger partial charge in [-0.1, -0.05) is 18.2 Å². The predicted octanol–water partition coefficient (Wildman–Crippen LogP) is 2.64. The summed E-state index contributed by atoms with van der Waals surface area (Å²) in [7, 11) is 0. The second-order valence-electron chi connectivity index (χ2n) is 2.59. The fourth-order valence-electron chi connectivity index (χ4n) is 1.07. The van der Waals surface area contributed by atoms with Gasteiger partial charge in [0, 0.05) is 0 Å². The summed E-state index contributed by atoms with van der Waals surface area (Å²) in [6.45, 7) is 1.93. The topological polar surface area (TPSA) is 30.7 Å². The van der Waals surface area contributed by atoms with Crippen LogP contribution in [0.3, 0.4) is 0 Å². The maximum atomic E-state index is 4.27. The molecule has 1 aromatic carbocycles. The lowest BCUT2D eigenvalue weighted by molar-refractivity contribution is 0.805. The zero-order chi connectivity index (χ0) is 9.26. The third-order valence-electron chi connectivity index (χ3n) is 1.72. The van der Waals surface area contributed by atoms with Gasteiger partial charge in [0.2, 0.25) is 0 Å². The Labute approximate surface area is 84.2 Å². The molecular formula is C9H8BrN3. The summed E-state index contributed by atoms with van der Waals surface area (Å²) in [6, 6.07) is 7.78. The van der Waals surface area contributed by atoms with Gasteiger partial charge in [-0.05, 0) is 35.0 Å². The van der Waals surface area contributed by atoms with Crippen molar-refractivity contribution in [3.8, 4) is 0 Å². The standard InChI is InChI=1S/C9H8BrN3/c1-2-9(10)13-11-7-5-3-4-6-8(7)12-13/h2-6H,1H3/b9-2-. The van der Waals surface area contributed by atoms with Crippen LogP contribution in [-0.2, 0) is 0 Å². The highest BCUT2D eigenvalue weighted by Crippen LogP contribution is 2.14. The van der Waals surface area contributed by atoms with Crippen LogP contribution in [0.4, 0.5) is 0 Å². The first-order valence-electron chi connectivity index (χ1n) is 3.95. The molecule has 0 aliphatic carbocycles. The quantitative estimate of drug-likeness (QED) is 0.764. The minimum Gasteiger partial charge on any atom is -0.148 e. The van der Waals surface area contributed by atoms with E-state index in [4.69, 9.17) is 0 Å². The average molecular weight is 238 g/mol. The molecule has 0 aliphatic rings. The van der Waals surface area contributed by atoms with E-state index in [2.05, 4.69) is 26.1 Å². The third kappa shape index (κ3) is 1.49. The van der Waals surface area contributed by atoms with E-state index in [-0.39, 0.29) is 0 Å². The maximum Gasteiger partial charge on any atom is 0.124 e. The van der Waals surface area contributed by atoms with Crippen LogP contribution >= 0.6 is 15.9 Å². The second kappa shape index (κ2) is 3.30. The molecule has 0 N–H and O–H groups in total. The molecule has 13 heavy (non-hydrogen) atoms. The minimum absolute atomic E-state index is 0.851. The number of hydrogen-bond acceptors (Lipinski definition) is 2. The Morgan fingerprint density at radius 1 is 1.31 bits per heavy atom. The summed E-state index contributed by atoms with van der Waals surface area (Å²) >= 11 is 3.36. The lowest BCUT2D eigenvalue weighted by Crippen LogP contribution is -1.94. The Morgan fingerprint density at radius 2 is 1.85 bits per heavy atom. The first kappa shape index (κ1) is 8.44. The Kier molecular flexibility index (Phi) is 2.14. The average Bonchev–Trinajstić information content (AvgIpc) is 2.59. The fourth-order valence-corrected chi connectivity index (χ4v) is 1.23. The molecule has 0 amide bonds. The molecule has 2 rings (SSSR count). The van der Waals surface area contributed by atoms with Crippen molar-refractivity contribution in [3.63, 3.8) is 0 Å². The lowest BCUT2D eigenvalue weighted by atomic mass is 10.3. The number of halogens is 1. The molecular weight excluding hydrogens is 230 g/mol. The van der Waals surface area contributed by atoms with Crippen LogP contribution in [0.5, 0.6) is 0 Å². The summed E-state index contributed by atoms with van der Waals surface area (Å²) in [4.78, 5) is 1.57. The second-order valence-corrected chi connectivity index (χ2v) is 3.40. The summed E-state index contributed by atoms with van der Waals surface area (Å²) in [5, 5.41) is 8.55. The molecule has 0 aliphatic heterocycles. The first-order chi connectivity index (χ1) is 6.31. The highest BCUT2D eigenvalue weighted by molar-refractivity contribution is 9.14. The van der Waals surface area contributed by atoms with E-state index in [0.717, 1.165) is 15.6 Å². The van der Waals surface area contributed by atoms with Crippen LogP contribution in [0.1, 0.15) is 6.92 Å². The highest BCUT2D eigenvalue weighted by atomic mass is 79.9. The molecule has 2 aromatic rings. The predicted molar refractivity (Wildman–Crippen MR) is 56.4 cm³/mol. The molecule has 1 heterocycles. The molecule has 4 heteroatoms. The smallest absolute Gasteiger partial charge is 0.124 e. The Balaban J connectivity index is 2.62. The lowest BCUT2D eigenvalue weighted by Gasteiger charge is -1.92.